The largest absolute Gasteiger partial charge is 0.290 e. The van der Waals surface area contributed by atoms with Crippen molar-refractivity contribution in [1.82, 2.24) is 20.2 Å². The van der Waals surface area contributed by atoms with Crippen LogP contribution in [0.15, 0.2) is 59.5 Å². The Morgan fingerprint density at radius 1 is 0.960 bits per heavy atom. The minimum absolute atomic E-state index is 0.783. The number of benzene rings is 1. The number of hydrogen-bond donors (Lipinski definition) is 0. The summed E-state index contributed by atoms with van der Waals surface area (Å²) in [6, 6.07) is 14.5. The first-order valence-electron chi connectivity index (χ1n) is 8.15. The smallest absolute Gasteiger partial charge is 0.139 e. The molecule has 0 atom stereocenters. The molecule has 0 bridgehead atoms. The van der Waals surface area contributed by atoms with Crippen molar-refractivity contribution in [3.05, 3.63) is 75.7 Å². The van der Waals surface area contributed by atoms with E-state index in [4.69, 9.17) is 4.63 Å². The van der Waals surface area contributed by atoms with Gasteiger partial charge in [-0.05, 0) is 58.7 Å². The molecule has 25 heavy (non-hydrogen) atoms. The average molecular weight is 350 g/mol. The van der Waals surface area contributed by atoms with Gasteiger partial charge in [-0.15, -0.1) is 11.3 Å². The Morgan fingerprint density at radius 2 is 1.84 bits per heavy atom. The number of aryl methyl sites for hydroxylation is 1. The van der Waals surface area contributed by atoms with Gasteiger partial charge in [0.05, 0.1) is 0 Å². The summed E-state index contributed by atoms with van der Waals surface area (Å²) < 4.78 is 4.90. The van der Waals surface area contributed by atoms with E-state index in [-0.39, 0.29) is 0 Å². The van der Waals surface area contributed by atoms with Gasteiger partial charge < -0.3 is 0 Å². The molecule has 0 N–H and O–H groups in total. The standard InChI is InChI=1S/C19H18N4OS/c1-14-5-6-17(25-14)13-23(11-15-7-9-20-10-8-15)12-16-3-2-4-18-19(16)22-24-21-18/h2-10H,11-13H2,1H3. The number of aromatic nitrogens is 3. The lowest BCUT2D eigenvalue weighted by atomic mass is 10.1. The topological polar surface area (TPSA) is 55.1 Å². The van der Waals surface area contributed by atoms with Crippen LogP contribution in [-0.2, 0) is 19.6 Å². The molecule has 3 aromatic heterocycles. The maximum Gasteiger partial charge on any atom is 0.139 e. The maximum atomic E-state index is 4.90. The molecule has 3 heterocycles. The van der Waals surface area contributed by atoms with Gasteiger partial charge in [-0.25, -0.2) is 4.63 Å². The summed E-state index contributed by atoms with van der Waals surface area (Å²) in [5.41, 5.74) is 4.01. The van der Waals surface area contributed by atoms with E-state index in [1.54, 1.807) is 0 Å². The second kappa shape index (κ2) is 7.13. The molecule has 0 amide bonds. The molecule has 0 aliphatic rings. The number of nitrogens with zero attached hydrogens (tertiary/aromatic N) is 4. The van der Waals surface area contributed by atoms with E-state index >= 15 is 0 Å². The summed E-state index contributed by atoms with van der Waals surface area (Å²) in [5, 5.41) is 8.02. The first-order chi connectivity index (χ1) is 12.3. The summed E-state index contributed by atoms with van der Waals surface area (Å²) in [5.74, 6) is 0. The van der Waals surface area contributed by atoms with E-state index in [1.165, 1.54) is 15.3 Å². The monoisotopic (exact) mass is 350 g/mol. The highest BCUT2D eigenvalue weighted by Gasteiger charge is 2.13. The number of rotatable bonds is 6. The van der Waals surface area contributed by atoms with E-state index in [0.29, 0.717) is 0 Å². The number of pyridine rings is 1. The van der Waals surface area contributed by atoms with Gasteiger partial charge in [0.15, 0.2) is 0 Å². The summed E-state index contributed by atoms with van der Waals surface area (Å²) >= 11 is 1.84. The number of hydrogen-bond acceptors (Lipinski definition) is 6. The second-order valence-corrected chi connectivity index (χ2v) is 7.43. The van der Waals surface area contributed by atoms with Crippen LogP contribution in [0.25, 0.3) is 11.0 Å². The van der Waals surface area contributed by atoms with Crippen molar-refractivity contribution in [3.63, 3.8) is 0 Å². The van der Waals surface area contributed by atoms with Crippen molar-refractivity contribution in [1.29, 1.82) is 0 Å². The SMILES string of the molecule is Cc1ccc(CN(Cc2ccncc2)Cc2cccc3nonc23)s1. The van der Waals surface area contributed by atoms with Gasteiger partial charge in [0, 0.05) is 41.8 Å². The van der Waals surface area contributed by atoms with Crippen molar-refractivity contribution in [3.8, 4) is 0 Å². The van der Waals surface area contributed by atoms with Crippen molar-refractivity contribution >= 4 is 22.4 Å². The highest BCUT2D eigenvalue weighted by atomic mass is 32.1. The Kier molecular flexibility index (Phi) is 4.54. The van der Waals surface area contributed by atoms with Gasteiger partial charge >= 0.3 is 0 Å². The third-order valence-corrected chi connectivity index (χ3v) is 5.08. The van der Waals surface area contributed by atoms with E-state index < -0.39 is 0 Å². The zero-order valence-electron chi connectivity index (χ0n) is 13.9. The molecule has 6 heteroatoms. The molecule has 5 nitrogen and oxygen atoms in total. The predicted molar refractivity (Wildman–Crippen MR) is 98.0 cm³/mol. The number of fused-ring (bicyclic) bond motifs is 1. The van der Waals surface area contributed by atoms with Crippen LogP contribution in [0.1, 0.15) is 20.9 Å². The fraction of sp³-hybridized carbons (Fsp3) is 0.211. The highest BCUT2D eigenvalue weighted by molar-refractivity contribution is 7.11. The van der Waals surface area contributed by atoms with Gasteiger partial charge in [-0.1, -0.05) is 12.1 Å². The fourth-order valence-electron chi connectivity index (χ4n) is 2.94. The van der Waals surface area contributed by atoms with Gasteiger partial charge in [0.1, 0.15) is 11.0 Å². The molecule has 0 spiro atoms. The van der Waals surface area contributed by atoms with Crippen LogP contribution in [0, 0.1) is 6.92 Å². The normalized spacial score (nSPS) is 11.4. The quantitative estimate of drug-likeness (QED) is 0.522. The summed E-state index contributed by atoms with van der Waals surface area (Å²) in [6.07, 6.45) is 3.68. The van der Waals surface area contributed by atoms with Crippen molar-refractivity contribution in [2.24, 2.45) is 0 Å². The molecule has 126 valence electrons. The fourth-order valence-corrected chi connectivity index (χ4v) is 3.87. The zero-order chi connectivity index (χ0) is 17.1. The Balaban J connectivity index is 1.61. The van der Waals surface area contributed by atoms with Gasteiger partial charge in [-0.3, -0.25) is 9.88 Å². The average Bonchev–Trinajstić information content (AvgIpc) is 3.25. The molecule has 4 aromatic rings. The molecule has 0 aliphatic carbocycles. The molecular weight excluding hydrogens is 332 g/mol. The first kappa shape index (κ1) is 15.9. The molecule has 1 aromatic carbocycles. The first-order valence-corrected chi connectivity index (χ1v) is 8.96. The summed E-state index contributed by atoms with van der Waals surface area (Å²) in [4.78, 5) is 9.21. The van der Waals surface area contributed by atoms with Crippen LogP contribution in [-0.4, -0.2) is 20.2 Å². The van der Waals surface area contributed by atoms with E-state index in [9.17, 15) is 0 Å². The molecule has 4 rings (SSSR count). The van der Waals surface area contributed by atoms with Crippen LogP contribution in [0.4, 0.5) is 0 Å². The maximum absolute atomic E-state index is 4.90. The van der Waals surface area contributed by atoms with Crippen molar-refractivity contribution in [2.75, 3.05) is 0 Å². The Bertz CT molecular complexity index is 964. The Labute approximate surface area is 149 Å². The highest BCUT2D eigenvalue weighted by Crippen LogP contribution is 2.22. The predicted octanol–water partition coefficient (Wildman–Crippen LogP) is 4.19. The lowest BCUT2D eigenvalue weighted by Crippen LogP contribution is -2.22. The van der Waals surface area contributed by atoms with Gasteiger partial charge in [-0.2, -0.15) is 0 Å². The van der Waals surface area contributed by atoms with Gasteiger partial charge in [0.25, 0.3) is 0 Å². The minimum atomic E-state index is 0.783. The molecule has 0 unspecified atom stereocenters. The van der Waals surface area contributed by atoms with Crippen LogP contribution in [0.5, 0.6) is 0 Å². The van der Waals surface area contributed by atoms with Crippen LogP contribution in [0.2, 0.25) is 0 Å². The lowest BCUT2D eigenvalue weighted by molar-refractivity contribution is 0.250. The Morgan fingerprint density at radius 3 is 2.64 bits per heavy atom. The van der Waals surface area contributed by atoms with E-state index in [1.807, 2.05) is 35.9 Å². The van der Waals surface area contributed by atoms with Crippen LogP contribution >= 0.6 is 11.3 Å². The molecule has 0 radical (unpaired) electrons. The second-order valence-electron chi connectivity index (χ2n) is 6.06. The molecule has 0 saturated heterocycles. The zero-order valence-corrected chi connectivity index (χ0v) is 14.7. The summed E-state index contributed by atoms with van der Waals surface area (Å²) in [6.45, 7) is 4.66. The molecule has 0 saturated carbocycles. The van der Waals surface area contributed by atoms with Crippen molar-refractivity contribution < 1.29 is 4.63 Å². The minimum Gasteiger partial charge on any atom is -0.290 e. The Hall–Kier alpha value is -2.57. The third-order valence-electron chi connectivity index (χ3n) is 4.09. The van der Waals surface area contributed by atoms with Crippen LogP contribution < -0.4 is 0 Å². The van der Waals surface area contributed by atoms with E-state index in [2.05, 4.69) is 57.5 Å². The lowest BCUT2D eigenvalue weighted by Gasteiger charge is -2.22. The molecule has 0 fully saturated rings. The van der Waals surface area contributed by atoms with Crippen molar-refractivity contribution in [2.45, 2.75) is 26.6 Å². The van der Waals surface area contributed by atoms with Crippen LogP contribution in [0.3, 0.4) is 0 Å². The number of thiophene rings is 1. The van der Waals surface area contributed by atoms with Gasteiger partial charge in [0.2, 0.25) is 0 Å². The van der Waals surface area contributed by atoms with E-state index in [0.717, 1.165) is 36.2 Å². The summed E-state index contributed by atoms with van der Waals surface area (Å²) in [7, 11) is 0. The molecular formula is C19H18N4OS. The molecule has 0 aliphatic heterocycles. The third kappa shape index (κ3) is 3.75.